The molecule has 0 unspecified atom stereocenters. The van der Waals surface area contributed by atoms with Crippen molar-refractivity contribution in [2.75, 3.05) is 20.3 Å². The van der Waals surface area contributed by atoms with Gasteiger partial charge in [0.15, 0.2) is 6.61 Å². The van der Waals surface area contributed by atoms with Gasteiger partial charge in [-0.25, -0.2) is 22.3 Å². The molecule has 1 N–H and O–H groups in total. The van der Waals surface area contributed by atoms with Crippen LogP contribution in [0.15, 0.2) is 47.4 Å². The molecule has 0 aliphatic carbocycles. The zero-order valence-electron chi connectivity index (χ0n) is 19.3. The lowest BCUT2D eigenvalue weighted by Gasteiger charge is -2.22. The molecule has 0 radical (unpaired) electrons. The van der Waals surface area contributed by atoms with Gasteiger partial charge < -0.3 is 14.4 Å². The lowest BCUT2D eigenvalue weighted by atomic mass is 10.1. The predicted octanol–water partition coefficient (Wildman–Crippen LogP) is 3.12. The fourth-order valence-corrected chi connectivity index (χ4v) is 4.62. The Morgan fingerprint density at radius 2 is 1.82 bits per heavy atom. The molecule has 0 saturated heterocycles. The molecule has 0 saturated carbocycles. The largest absolute Gasteiger partial charge is 0.495 e. The number of amides is 1. The number of likely N-dealkylation sites (N-methyl/N-ethyl adjacent to an activating group) is 1. The SMILES string of the molecule is CCN(Cc1cccc(F)c1)C(=O)COC(=O)c1ccc(OC)c(S(=O)(=O)NC(C)(C)C)c1. The molecule has 2 aromatic carbocycles. The van der Waals surface area contributed by atoms with Crippen molar-refractivity contribution >= 4 is 21.9 Å². The minimum Gasteiger partial charge on any atom is -0.495 e. The monoisotopic (exact) mass is 480 g/mol. The normalized spacial score (nSPS) is 11.7. The number of hydrogen-bond donors (Lipinski definition) is 1. The minimum atomic E-state index is -3.99. The number of nitrogens with zero attached hydrogens (tertiary/aromatic N) is 1. The van der Waals surface area contributed by atoms with Gasteiger partial charge in [-0.2, -0.15) is 0 Å². The maximum atomic E-state index is 13.4. The molecular formula is C23H29FN2O6S. The number of methoxy groups -OCH3 is 1. The molecule has 0 aliphatic rings. The Kier molecular flexibility index (Phi) is 8.57. The number of rotatable bonds is 9. The Labute approximate surface area is 193 Å². The standard InChI is InChI=1S/C23H29FN2O6S/c1-6-26(14-16-8-7-9-18(24)12-16)21(27)15-32-22(28)17-10-11-19(31-5)20(13-17)33(29,30)25-23(2,3)4/h7-13,25H,6,14-15H2,1-5H3. The highest BCUT2D eigenvalue weighted by Crippen LogP contribution is 2.26. The Balaban J connectivity index is 2.13. The van der Waals surface area contributed by atoms with E-state index in [1.807, 2.05) is 0 Å². The lowest BCUT2D eigenvalue weighted by molar-refractivity contribution is -0.134. The fourth-order valence-electron chi connectivity index (χ4n) is 3.01. The summed E-state index contributed by atoms with van der Waals surface area (Å²) in [6.45, 7) is 6.75. The number of nitrogens with one attached hydrogen (secondary N) is 1. The summed E-state index contributed by atoms with van der Waals surface area (Å²) < 4.78 is 51.7. The van der Waals surface area contributed by atoms with E-state index in [1.54, 1.807) is 39.8 Å². The number of hydrogen-bond acceptors (Lipinski definition) is 6. The minimum absolute atomic E-state index is 0.0499. The average molecular weight is 481 g/mol. The van der Waals surface area contributed by atoms with E-state index in [0.29, 0.717) is 12.1 Å². The van der Waals surface area contributed by atoms with Crippen LogP contribution in [0.3, 0.4) is 0 Å². The predicted molar refractivity (Wildman–Crippen MR) is 121 cm³/mol. The van der Waals surface area contributed by atoms with Gasteiger partial charge >= 0.3 is 5.97 Å². The van der Waals surface area contributed by atoms with E-state index >= 15 is 0 Å². The smallest absolute Gasteiger partial charge is 0.338 e. The summed E-state index contributed by atoms with van der Waals surface area (Å²) in [4.78, 5) is 26.2. The maximum absolute atomic E-state index is 13.4. The van der Waals surface area contributed by atoms with Crippen molar-refractivity contribution in [2.45, 2.75) is 44.7 Å². The van der Waals surface area contributed by atoms with Crippen molar-refractivity contribution < 1.29 is 31.9 Å². The highest BCUT2D eigenvalue weighted by atomic mass is 32.2. The number of ether oxygens (including phenoxy) is 2. The molecule has 0 atom stereocenters. The first-order valence-corrected chi connectivity index (χ1v) is 11.8. The van der Waals surface area contributed by atoms with Crippen LogP contribution in [-0.2, 0) is 26.1 Å². The fraction of sp³-hybridized carbons (Fsp3) is 0.391. The molecule has 2 aromatic rings. The van der Waals surface area contributed by atoms with Gasteiger partial charge in [-0.3, -0.25) is 4.79 Å². The number of halogens is 1. The highest BCUT2D eigenvalue weighted by molar-refractivity contribution is 7.89. The van der Waals surface area contributed by atoms with Crippen LogP contribution in [0.5, 0.6) is 5.75 Å². The van der Waals surface area contributed by atoms with Crippen molar-refractivity contribution in [1.82, 2.24) is 9.62 Å². The molecule has 0 spiro atoms. The highest BCUT2D eigenvalue weighted by Gasteiger charge is 2.27. The van der Waals surface area contributed by atoms with E-state index in [-0.39, 0.29) is 22.8 Å². The van der Waals surface area contributed by atoms with Crippen LogP contribution in [0.4, 0.5) is 4.39 Å². The van der Waals surface area contributed by atoms with Gasteiger partial charge in [0.2, 0.25) is 10.0 Å². The van der Waals surface area contributed by atoms with Crippen LogP contribution in [0, 0.1) is 5.82 Å². The van der Waals surface area contributed by atoms with Crippen molar-refractivity contribution in [3.8, 4) is 5.75 Å². The van der Waals surface area contributed by atoms with Gasteiger partial charge in [0.25, 0.3) is 5.91 Å². The molecule has 0 aromatic heterocycles. The van der Waals surface area contributed by atoms with Crippen molar-refractivity contribution in [3.63, 3.8) is 0 Å². The van der Waals surface area contributed by atoms with E-state index in [1.165, 1.54) is 36.3 Å². The first kappa shape index (κ1) is 26.3. The zero-order valence-corrected chi connectivity index (χ0v) is 20.2. The second-order valence-electron chi connectivity index (χ2n) is 8.34. The summed E-state index contributed by atoms with van der Waals surface area (Å²) in [6.07, 6.45) is 0. The molecule has 0 aliphatic heterocycles. The van der Waals surface area contributed by atoms with E-state index in [4.69, 9.17) is 9.47 Å². The molecule has 2 rings (SSSR count). The Bertz CT molecular complexity index is 1110. The second kappa shape index (κ2) is 10.8. The quantitative estimate of drug-likeness (QED) is 0.554. The molecule has 0 heterocycles. The summed E-state index contributed by atoms with van der Waals surface area (Å²) in [7, 11) is -2.67. The van der Waals surface area contributed by atoms with Crippen molar-refractivity contribution in [2.24, 2.45) is 0 Å². The first-order valence-electron chi connectivity index (χ1n) is 10.3. The van der Waals surface area contributed by atoms with Crippen molar-refractivity contribution in [1.29, 1.82) is 0 Å². The average Bonchev–Trinajstić information content (AvgIpc) is 2.73. The third kappa shape index (κ3) is 7.54. The third-order valence-electron chi connectivity index (χ3n) is 4.45. The van der Waals surface area contributed by atoms with Crippen LogP contribution in [0.25, 0.3) is 0 Å². The van der Waals surface area contributed by atoms with Crippen LogP contribution >= 0.6 is 0 Å². The summed E-state index contributed by atoms with van der Waals surface area (Å²) in [6, 6.07) is 9.72. The van der Waals surface area contributed by atoms with Crippen LogP contribution in [-0.4, -0.2) is 51.0 Å². The lowest BCUT2D eigenvalue weighted by Crippen LogP contribution is -2.40. The van der Waals surface area contributed by atoms with Gasteiger partial charge in [0.1, 0.15) is 16.5 Å². The number of esters is 1. The molecule has 33 heavy (non-hydrogen) atoms. The summed E-state index contributed by atoms with van der Waals surface area (Å²) in [5.74, 6) is -1.67. The van der Waals surface area contributed by atoms with Gasteiger partial charge in [0.05, 0.1) is 12.7 Å². The number of carbonyl (C=O) groups excluding carboxylic acids is 2. The molecule has 180 valence electrons. The van der Waals surface area contributed by atoms with E-state index < -0.39 is 39.9 Å². The molecule has 0 fully saturated rings. The van der Waals surface area contributed by atoms with E-state index in [2.05, 4.69) is 4.72 Å². The van der Waals surface area contributed by atoms with Gasteiger partial charge in [0, 0.05) is 18.6 Å². The third-order valence-corrected chi connectivity index (χ3v) is 6.23. The Morgan fingerprint density at radius 1 is 1.12 bits per heavy atom. The molecule has 0 bridgehead atoms. The number of benzene rings is 2. The van der Waals surface area contributed by atoms with Gasteiger partial charge in [-0.05, 0) is 63.6 Å². The van der Waals surface area contributed by atoms with Crippen LogP contribution in [0.1, 0.15) is 43.6 Å². The van der Waals surface area contributed by atoms with E-state index in [9.17, 15) is 22.4 Å². The summed E-state index contributed by atoms with van der Waals surface area (Å²) >= 11 is 0. The van der Waals surface area contributed by atoms with Crippen LogP contribution < -0.4 is 9.46 Å². The zero-order chi connectivity index (χ0) is 24.8. The second-order valence-corrected chi connectivity index (χ2v) is 9.99. The van der Waals surface area contributed by atoms with Gasteiger partial charge in [-0.1, -0.05) is 12.1 Å². The molecule has 10 heteroatoms. The van der Waals surface area contributed by atoms with Crippen LogP contribution in [0.2, 0.25) is 0 Å². The maximum Gasteiger partial charge on any atom is 0.338 e. The molecular weight excluding hydrogens is 451 g/mol. The molecule has 8 nitrogen and oxygen atoms in total. The Morgan fingerprint density at radius 3 is 2.39 bits per heavy atom. The summed E-state index contributed by atoms with van der Waals surface area (Å²) in [5, 5.41) is 0. The number of carbonyl (C=O) groups is 2. The summed E-state index contributed by atoms with van der Waals surface area (Å²) in [5.41, 5.74) is -0.197. The van der Waals surface area contributed by atoms with Crippen molar-refractivity contribution in [3.05, 3.63) is 59.4 Å². The Hall–Kier alpha value is -2.98. The van der Waals surface area contributed by atoms with Gasteiger partial charge in [-0.15, -0.1) is 0 Å². The molecule has 1 amide bonds. The van der Waals surface area contributed by atoms with E-state index in [0.717, 1.165) is 6.07 Å². The number of sulfonamides is 1. The first-order chi connectivity index (χ1) is 15.4. The topological polar surface area (TPSA) is 102 Å².